The van der Waals surface area contributed by atoms with Crippen LogP contribution in [0.25, 0.3) is 22.4 Å². The summed E-state index contributed by atoms with van der Waals surface area (Å²) >= 11 is 1.37. The minimum atomic E-state index is -0.420. The van der Waals surface area contributed by atoms with Gasteiger partial charge in [0.15, 0.2) is 18.1 Å². The fourth-order valence-corrected chi connectivity index (χ4v) is 3.49. The van der Waals surface area contributed by atoms with Crippen LogP contribution in [0.4, 0.5) is 5.69 Å². The first-order valence-corrected chi connectivity index (χ1v) is 9.62. The van der Waals surface area contributed by atoms with Gasteiger partial charge in [-0.2, -0.15) is 0 Å². The van der Waals surface area contributed by atoms with Crippen molar-refractivity contribution in [1.82, 2.24) is 10.3 Å². The van der Waals surface area contributed by atoms with Crippen molar-refractivity contribution in [3.63, 3.8) is 0 Å². The van der Waals surface area contributed by atoms with E-state index >= 15 is 0 Å². The zero-order valence-corrected chi connectivity index (χ0v) is 16.7. The smallest absolute Gasteiger partial charge is 0.270 e. The summed E-state index contributed by atoms with van der Waals surface area (Å²) in [5, 5.41) is 14.3. The Morgan fingerprint density at radius 2 is 2.07 bits per heavy atom. The van der Waals surface area contributed by atoms with Crippen molar-refractivity contribution in [2.24, 2.45) is 0 Å². The molecule has 0 aliphatic heterocycles. The molecule has 3 rings (SSSR count). The average molecular weight is 413 g/mol. The third kappa shape index (κ3) is 5.08. The molecule has 1 heterocycles. The first kappa shape index (κ1) is 20.3. The van der Waals surface area contributed by atoms with Gasteiger partial charge in [-0.1, -0.05) is 12.1 Å². The molecule has 0 fully saturated rings. The minimum Gasteiger partial charge on any atom is -0.493 e. The highest BCUT2D eigenvalue weighted by atomic mass is 32.1. The Morgan fingerprint density at radius 3 is 2.79 bits per heavy atom. The molecule has 9 heteroatoms. The molecule has 0 aliphatic rings. The number of ether oxygens (including phenoxy) is 2. The topological polar surface area (TPSA) is 104 Å². The molecule has 0 radical (unpaired) electrons. The summed E-state index contributed by atoms with van der Waals surface area (Å²) in [6, 6.07) is 9.98. The second-order valence-corrected chi connectivity index (χ2v) is 7.01. The molecule has 0 bridgehead atoms. The average Bonchev–Trinajstić information content (AvgIpc) is 3.13. The number of thiazole rings is 1. The quantitative estimate of drug-likeness (QED) is 0.444. The molecule has 0 saturated carbocycles. The summed E-state index contributed by atoms with van der Waals surface area (Å²) in [6.45, 7) is 2.30. The summed E-state index contributed by atoms with van der Waals surface area (Å²) in [5.41, 5.74) is 1.62. The van der Waals surface area contributed by atoms with Crippen LogP contribution < -0.4 is 14.8 Å². The highest BCUT2D eigenvalue weighted by Gasteiger charge is 2.10. The lowest BCUT2D eigenvalue weighted by Crippen LogP contribution is -2.28. The monoisotopic (exact) mass is 413 g/mol. The van der Waals surface area contributed by atoms with Crippen LogP contribution >= 0.6 is 11.3 Å². The molecule has 0 saturated heterocycles. The zero-order chi connectivity index (χ0) is 20.8. The van der Waals surface area contributed by atoms with Gasteiger partial charge in [0, 0.05) is 18.7 Å². The highest BCUT2D eigenvalue weighted by Crippen LogP contribution is 2.30. The summed E-state index contributed by atoms with van der Waals surface area (Å²) in [7, 11) is 1.53. The lowest BCUT2D eigenvalue weighted by Gasteiger charge is -2.11. The van der Waals surface area contributed by atoms with Crippen molar-refractivity contribution < 1.29 is 19.2 Å². The number of nitro groups is 1. The Bertz CT molecular complexity index is 1080. The van der Waals surface area contributed by atoms with Crippen LogP contribution in [-0.4, -0.2) is 36.1 Å². The fraction of sp³-hybridized carbons (Fsp3) is 0.200. The van der Waals surface area contributed by atoms with Gasteiger partial charge < -0.3 is 14.8 Å². The maximum absolute atomic E-state index is 11.5. The van der Waals surface area contributed by atoms with Crippen molar-refractivity contribution >= 4 is 45.3 Å². The first-order chi connectivity index (χ1) is 14.0. The molecule has 1 N–H and O–H groups in total. The number of hydrogen-bond acceptors (Lipinski definition) is 7. The van der Waals surface area contributed by atoms with Crippen molar-refractivity contribution in [2.45, 2.75) is 6.92 Å². The van der Waals surface area contributed by atoms with Gasteiger partial charge in [-0.3, -0.25) is 14.9 Å². The van der Waals surface area contributed by atoms with Crippen LogP contribution in [0.2, 0.25) is 0 Å². The molecule has 3 aromatic rings. The van der Waals surface area contributed by atoms with E-state index in [0.29, 0.717) is 23.6 Å². The Labute approximate surface area is 170 Å². The van der Waals surface area contributed by atoms with Crippen LogP contribution in [0.5, 0.6) is 11.5 Å². The standard InChI is InChI=1S/C20H19N3O5S/c1-3-21-19(24)12-28-16-8-4-13(10-17(16)27-2)5-9-20-22-15-7-6-14(23(25)26)11-18(15)29-20/h4-11H,3,12H2,1-2H3,(H,21,24)/b9-5+. The number of non-ortho nitro benzene ring substituents is 1. The highest BCUT2D eigenvalue weighted by molar-refractivity contribution is 7.19. The van der Waals surface area contributed by atoms with Gasteiger partial charge in [0.2, 0.25) is 0 Å². The van der Waals surface area contributed by atoms with E-state index in [1.165, 1.54) is 30.6 Å². The van der Waals surface area contributed by atoms with Gasteiger partial charge in [0.05, 0.1) is 22.2 Å². The third-order valence-corrected chi connectivity index (χ3v) is 4.92. The lowest BCUT2D eigenvalue weighted by molar-refractivity contribution is -0.384. The Kier molecular flexibility index (Phi) is 6.40. The number of nitrogens with one attached hydrogen (secondary N) is 1. The molecule has 0 aliphatic carbocycles. The number of carbonyl (C=O) groups excluding carboxylic acids is 1. The van der Waals surface area contributed by atoms with Crippen molar-refractivity contribution in [1.29, 1.82) is 0 Å². The first-order valence-electron chi connectivity index (χ1n) is 8.80. The predicted molar refractivity (Wildman–Crippen MR) is 112 cm³/mol. The number of carbonyl (C=O) groups is 1. The molecular weight excluding hydrogens is 394 g/mol. The number of amides is 1. The molecule has 8 nitrogen and oxygen atoms in total. The van der Waals surface area contributed by atoms with Crippen LogP contribution in [-0.2, 0) is 4.79 Å². The van der Waals surface area contributed by atoms with Crippen molar-refractivity contribution in [3.8, 4) is 11.5 Å². The van der Waals surface area contributed by atoms with Crippen LogP contribution in [0.3, 0.4) is 0 Å². The zero-order valence-electron chi connectivity index (χ0n) is 15.9. The minimum absolute atomic E-state index is 0.0459. The van der Waals surface area contributed by atoms with E-state index in [-0.39, 0.29) is 18.2 Å². The van der Waals surface area contributed by atoms with Gasteiger partial charge in [-0.05, 0) is 36.8 Å². The van der Waals surface area contributed by atoms with E-state index in [2.05, 4.69) is 10.3 Å². The van der Waals surface area contributed by atoms with Gasteiger partial charge >= 0.3 is 0 Å². The second kappa shape index (κ2) is 9.16. The number of nitrogens with zero attached hydrogens (tertiary/aromatic N) is 2. The molecule has 29 heavy (non-hydrogen) atoms. The van der Waals surface area contributed by atoms with Gasteiger partial charge in [-0.25, -0.2) is 4.98 Å². The summed E-state index contributed by atoms with van der Waals surface area (Å²) < 4.78 is 11.6. The number of aromatic nitrogens is 1. The van der Waals surface area contributed by atoms with Gasteiger partial charge in [0.1, 0.15) is 5.01 Å². The number of likely N-dealkylation sites (N-methyl/N-ethyl adjacent to an activating group) is 1. The molecule has 150 valence electrons. The van der Waals surface area contributed by atoms with E-state index in [0.717, 1.165) is 15.3 Å². The summed E-state index contributed by atoms with van der Waals surface area (Å²) in [5.74, 6) is 0.786. The molecule has 2 aromatic carbocycles. The third-order valence-electron chi connectivity index (χ3n) is 3.94. The number of methoxy groups -OCH3 is 1. The molecular formula is C20H19N3O5S. The van der Waals surface area contributed by atoms with Crippen LogP contribution in [0.1, 0.15) is 17.5 Å². The van der Waals surface area contributed by atoms with E-state index in [1.807, 2.05) is 25.1 Å². The second-order valence-electron chi connectivity index (χ2n) is 5.95. The normalized spacial score (nSPS) is 11.0. The predicted octanol–water partition coefficient (Wildman–Crippen LogP) is 3.90. The maximum Gasteiger partial charge on any atom is 0.270 e. The van der Waals surface area contributed by atoms with Crippen LogP contribution in [0, 0.1) is 10.1 Å². The molecule has 1 aromatic heterocycles. The lowest BCUT2D eigenvalue weighted by atomic mass is 10.2. The van der Waals surface area contributed by atoms with Crippen molar-refractivity contribution in [3.05, 3.63) is 57.1 Å². The van der Waals surface area contributed by atoms with Crippen LogP contribution in [0.15, 0.2) is 36.4 Å². The molecule has 0 atom stereocenters. The van der Waals surface area contributed by atoms with Gasteiger partial charge in [0.25, 0.3) is 11.6 Å². The molecule has 0 spiro atoms. The molecule has 1 amide bonds. The van der Waals surface area contributed by atoms with Crippen molar-refractivity contribution in [2.75, 3.05) is 20.3 Å². The SMILES string of the molecule is CCNC(=O)COc1ccc(/C=C/c2nc3ccc([N+](=O)[O-])cc3s2)cc1OC. The van der Waals surface area contributed by atoms with E-state index in [1.54, 1.807) is 18.2 Å². The Morgan fingerprint density at radius 1 is 1.24 bits per heavy atom. The fourth-order valence-electron chi connectivity index (χ4n) is 2.58. The Balaban J connectivity index is 1.75. The maximum atomic E-state index is 11.5. The summed E-state index contributed by atoms with van der Waals surface area (Å²) in [6.07, 6.45) is 3.70. The molecule has 0 unspecified atom stereocenters. The Hall–Kier alpha value is -3.46. The number of nitro benzene ring substituents is 1. The number of benzene rings is 2. The number of fused-ring (bicyclic) bond motifs is 1. The van der Waals surface area contributed by atoms with E-state index < -0.39 is 4.92 Å². The van der Waals surface area contributed by atoms with E-state index in [4.69, 9.17) is 9.47 Å². The number of rotatable bonds is 8. The van der Waals surface area contributed by atoms with Gasteiger partial charge in [-0.15, -0.1) is 11.3 Å². The summed E-state index contributed by atoms with van der Waals surface area (Å²) in [4.78, 5) is 26.5. The van der Waals surface area contributed by atoms with E-state index in [9.17, 15) is 14.9 Å². The largest absolute Gasteiger partial charge is 0.493 e. The number of hydrogen-bond donors (Lipinski definition) is 1.